The summed E-state index contributed by atoms with van der Waals surface area (Å²) < 4.78 is 0. The van der Waals surface area contributed by atoms with Crippen LogP contribution in [0.15, 0.2) is 24.3 Å². The first-order valence-corrected chi connectivity index (χ1v) is 6.02. The van der Waals surface area contributed by atoms with E-state index in [1.54, 1.807) is 12.1 Å². The predicted octanol–water partition coefficient (Wildman–Crippen LogP) is 1.99. The third-order valence-corrected chi connectivity index (χ3v) is 2.72. The average molecular weight is 248 g/mol. The Labute approximate surface area is 105 Å². The molecule has 96 valence electrons. The lowest BCUT2D eigenvalue weighted by Crippen LogP contribution is -2.30. The summed E-state index contributed by atoms with van der Waals surface area (Å²) >= 11 is 0. The Bertz CT molecular complexity index is 455. The lowest BCUT2D eigenvalue weighted by molar-refractivity contribution is -0.136. The summed E-state index contributed by atoms with van der Waals surface area (Å²) in [7, 11) is 0. The minimum Gasteiger partial charge on any atom is -0.481 e. The van der Waals surface area contributed by atoms with Gasteiger partial charge in [0.25, 0.3) is 0 Å². The van der Waals surface area contributed by atoms with Crippen LogP contribution < -0.4 is 10.6 Å². The molecule has 0 unspecified atom stereocenters. The van der Waals surface area contributed by atoms with Crippen LogP contribution in [0.5, 0.6) is 0 Å². The number of nitrogens with one attached hydrogen (secondary N) is 2. The maximum absolute atomic E-state index is 11.5. The number of hydrogen-bond donors (Lipinski definition) is 3. The number of hydrogen-bond acceptors (Lipinski definition) is 2. The summed E-state index contributed by atoms with van der Waals surface area (Å²) in [5.74, 6) is -0.820. The van der Waals surface area contributed by atoms with Crippen LogP contribution in [0.25, 0.3) is 0 Å². The lowest BCUT2D eigenvalue weighted by atomic mass is 10.1. The van der Waals surface area contributed by atoms with Gasteiger partial charge in [-0.25, -0.2) is 4.79 Å². The van der Waals surface area contributed by atoms with E-state index >= 15 is 0 Å². The molecule has 1 aliphatic rings. The van der Waals surface area contributed by atoms with Gasteiger partial charge in [0.2, 0.25) is 0 Å². The van der Waals surface area contributed by atoms with Crippen LogP contribution in [-0.4, -0.2) is 23.1 Å². The number of carbonyl (C=O) groups is 2. The van der Waals surface area contributed by atoms with E-state index in [9.17, 15) is 9.59 Å². The summed E-state index contributed by atoms with van der Waals surface area (Å²) in [6, 6.07) is 7.37. The van der Waals surface area contributed by atoms with Crippen molar-refractivity contribution in [3.63, 3.8) is 0 Å². The molecule has 5 heteroatoms. The van der Waals surface area contributed by atoms with Crippen LogP contribution in [-0.2, 0) is 11.2 Å². The quantitative estimate of drug-likeness (QED) is 0.745. The van der Waals surface area contributed by atoms with Crippen molar-refractivity contribution in [3.8, 4) is 0 Å². The minimum absolute atomic E-state index is 0.0950. The Balaban J connectivity index is 1.89. The second-order valence-corrected chi connectivity index (χ2v) is 4.47. The fraction of sp³-hybridized carbons (Fsp3) is 0.385. The second-order valence-electron chi connectivity index (χ2n) is 4.47. The molecule has 3 N–H and O–H groups in total. The van der Waals surface area contributed by atoms with Gasteiger partial charge in [0.15, 0.2) is 0 Å². The highest BCUT2D eigenvalue weighted by atomic mass is 16.4. The molecule has 18 heavy (non-hydrogen) atoms. The van der Waals surface area contributed by atoms with Crippen molar-refractivity contribution in [1.29, 1.82) is 0 Å². The molecule has 1 aliphatic carbocycles. The molecular weight excluding hydrogens is 232 g/mol. The number of aryl methyl sites for hydroxylation is 1. The maximum Gasteiger partial charge on any atom is 0.319 e. The zero-order chi connectivity index (χ0) is 13.0. The third kappa shape index (κ3) is 4.08. The van der Waals surface area contributed by atoms with Crippen molar-refractivity contribution in [2.45, 2.75) is 31.7 Å². The SMILES string of the molecule is O=C(O)CCc1cccc(NC(=O)NC2CC2)c1. The molecule has 5 nitrogen and oxygen atoms in total. The van der Waals surface area contributed by atoms with E-state index in [0.29, 0.717) is 18.2 Å². The molecular formula is C13H16N2O3. The maximum atomic E-state index is 11.5. The predicted molar refractivity (Wildman–Crippen MR) is 67.6 cm³/mol. The van der Waals surface area contributed by atoms with Crippen molar-refractivity contribution in [2.75, 3.05) is 5.32 Å². The molecule has 0 spiro atoms. The number of amides is 2. The Morgan fingerprint density at radius 2 is 2.11 bits per heavy atom. The third-order valence-electron chi connectivity index (χ3n) is 2.72. The van der Waals surface area contributed by atoms with Crippen LogP contribution in [0.3, 0.4) is 0 Å². The molecule has 0 aromatic heterocycles. The van der Waals surface area contributed by atoms with E-state index in [-0.39, 0.29) is 12.5 Å². The molecule has 0 saturated heterocycles. The first kappa shape index (κ1) is 12.4. The van der Waals surface area contributed by atoms with E-state index in [2.05, 4.69) is 10.6 Å². The van der Waals surface area contributed by atoms with Crippen molar-refractivity contribution >= 4 is 17.7 Å². The number of benzene rings is 1. The Kier molecular flexibility index (Phi) is 3.82. The van der Waals surface area contributed by atoms with Gasteiger partial charge < -0.3 is 15.7 Å². The Hall–Kier alpha value is -2.04. The van der Waals surface area contributed by atoms with Gasteiger partial charge in [-0.05, 0) is 37.0 Å². The van der Waals surface area contributed by atoms with Gasteiger partial charge in [-0.15, -0.1) is 0 Å². The minimum atomic E-state index is -0.820. The highest BCUT2D eigenvalue weighted by Crippen LogP contribution is 2.19. The first-order chi connectivity index (χ1) is 8.63. The molecule has 2 amide bonds. The van der Waals surface area contributed by atoms with E-state index < -0.39 is 5.97 Å². The van der Waals surface area contributed by atoms with E-state index in [1.165, 1.54) is 0 Å². The molecule has 1 fully saturated rings. The fourth-order valence-electron chi connectivity index (χ4n) is 1.64. The Morgan fingerprint density at radius 3 is 2.78 bits per heavy atom. The zero-order valence-electron chi connectivity index (χ0n) is 9.98. The van der Waals surface area contributed by atoms with E-state index in [0.717, 1.165) is 18.4 Å². The number of carboxylic acids is 1. The smallest absolute Gasteiger partial charge is 0.319 e. The molecule has 1 aromatic carbocycles. The van der Waals surface area contributed by atoms with Crippen molar-refractivity contribution in [3.05, 3.63) is 29.8 Å². The molecule has 0 aliphatic heterocycles. The first-order valence-electron chi connectivity index (χ1n) is 6.02. The van der Waals surface area contributed by atoms with Gasteiger partial charge in [0, 0.05) is 18.2 Å². The lowest BCUT2D eigenvalue weighted by Gasteiger charge is -2.08. The summed E-state index contributed by atoms with van der Waals surface area (Å²) in [5.41, 5.74) is 1.60. The van der Waals surface area contributed by atoms with Gasteiger partial charge in [-0.1, -0.05) is 12.1 Å². The summed E-state index contributed by atoms with van der Waals surface area (Å²) in [6.45, 7) is 0. The van der Waals surface area contributed by atoms with Gasteiger partial charge in [-0.3, -0.25) is 4.79 Å². The molecule has 1 saturated carbocycles. The van der Waals surface area contributed by atoms with Crippen LogP contribution in [0.2, 0.25) is 0 Å². The van der Waals surface area contributed by atoms with E-state index in [4.69, 9.17) is 5.11 Å². The summed E-state index contributed by atoms with van der Waals surface area (Å²) in [5, 5.41) is 14.2. The molecule has 2 rings (SSSR count). The molecule has 0 atom stereocenters. The van der Waals surface area contributed by atoms with Gasteiger partial charge >= 0.3 is 12.0 Å². The van der Waals surface area contributed by atoms with Crippen LogP contribution in [0, 0.1) is 0 Å². The van der Waals surface area contributed by atoms with E-state index in [1.807, 2.05) is 12.1 Å². The average Bonchev–Trinajstić information content (AvgIpc) is 3.10. The van der Waals surface area contributed by atoms with Crippen LogP contribution in [0.4, 0.5) is 10.5 Å². The van der Waals surface area contributed by atoms with Gasteiger partial charge in [-0.2, -0.15) is 0 Å². The number of urea groups is 1. The van der Waals surface area contributed by atoms with Gasteiger partial charge in [0.05, 0.1) is 0 Å². The largest absolute Gasteiger partial charge is 0.481 e. The Morgan fingerprint density at radius 1 is 1.33 bits per heavy atom. The van der Waals surface area contributed by atoms with Gasteiger partial charge in [0.1, 0.15) is 0 Å². The van der Waals surface area contributed by atoms with Crippen molar-refractivity contribution < 1.29 is 14.7 Å². The highest BCUT2D eigenvalue weighted by Gasteiger charge is 2.23. The number of rotatable bonds is 5. The summed E-state index contributed by atoms with van der Waals surface area (Å²) in [6.07, 6.45) is 2.66. The zero-order valence-corrected chi connectivity index (χ0v) is 9.98. The highest BCUT2D eigenvalue weighted by molar-refractivity contribution is 5.89. The second kappa shape index (κ2) is 5.53. The molecule has 0 bridgehead atoms. The normalized spacial score (nSPS) is 14.0. The van der Waals surface area contributed by atoms with Crippen molar-refractivity contribution in [2.24, 2.45) is 0 Å². The van der Waals surface area contributed by atoms with Crippen LogP contribution in [0.1, 0.15) is 24.8 Å². The number of anilines is 1. The summed E-state index contributed by atoms with van der Waals surface area (Å²) in [4.78, 5) is 22.0. The number of carboxylic acid groups (broad SMARTS) is 1. The van der Waals surface area contributed by atoms with Crippen molar-refractivity contribution in [1.82, 2.24) is 5.32 Å². The molecule has 0 heterocycles. The molecule has 0 radical (unpaired) electrons. The monoisotopic (exact) mass is 248 g/mol. The molecule has 1 aromatic rings. The number of aliphatic carboxylic acids is 1. The standard InChI is InChI=1S/C13H16N2O3/c16-12(17)7-4-9-2-1-3-11(8-9)15-13(18)14-10-5-6-10/h1-3,8,10H,4-7H2,(H,16,17)(H2,14,15,18). The number of carbonyl (C=O) groups excluding carboxylic acids is 1. The topological polar surface area (TPSA) is 78.4 Å². The fourth-order valence-corrected chi connectivity index (χ4v) is 1.64. The van der Waals surface area contributed by atoms with Crippen LogP contribution >= 0.6 is 0 Å².